The van der Waals surface area contributed by atoms with Gasteiger partial charge in [-0.1, -0.05) is 31.4 Å². The number of hydrogen-bond acceptors (Lipinski definition) is 3. The van der Waals surface area contributed by atoms with Crippen molar-refractivity contribution in [2.24, 2.45) is 11.8 Å². The molecule has 3 rings (SSSR count). The van der Waals surface area contributed by atoms with Crippen LogP contribution in [0.5, 0.6) is 0 Å². The Morgan fingerprint density at radius 1 is 1.18 bits per heavy atom. The van der Waals surface area contributed by atoms with Gasteiger partial charge in [-0.3, -0.25) is 0 Å². The molecule has 1 aromatic rings. The molecule has 22 heavy (non-hydrogen) atoms. The number of anilines is 1. The Hall–Kier alpha value is -1.09. The van der Waals surface area contributed by atoms with E-state index in [9.17, 15) is 0 Å². The first-order chi connectivity index (χ1) is 10.8. The van der Waals surface area contributed by atoms with Gasteiger partial charge in [-0.05, 0) is 55.5 Å². The van der Waals surface area contributed by atoms with E-state index in [2.05, 4.69) is 27.9 Å². The molecule has 0 spiro atoms. The Morgan fingerprint density at radius 3 is 2.50 bits per heavy atom. The van der Waals surface area contributed by atoms with Crippen molar-refractivity contribution in [1.82, 2.24) is 9.97 Å². The first kappa shape index (κ1) is 15.8. The van der Waals surface area contributed by atoms with E-state index in [1.165, 1.54) is 44.9 Å². The maximum atomic E-state index is 5.76. The van der Waals surface area contributed by atoms with Crippen molar-refractivity contribution in [3.63, 3.8) is 0 Å². The lowest BCUT2D eigenvalue weighted by Crippen LogP contribution is -2.31. The average Bonchev–Trinajstić information content (AvgIpc) is 2.57. The molecule has 2 heterocycles. The molecule has 0 bridgehead atoms. The van der Waals surface area contributed by atoms with Crippen LogP contribution in [0.15, 0.2) is 24.0 Å². The average molecular weight is 320 g/mol. The summed E-state index contributed by atoms with van der Waals surface area (Å²) in [6.45, 7) is 4.37. The van der Waals surface area contributed by atoms with Crippen molar-refractivity contribution in [3.8, 4) is 0 Å². The topological polar surface area (TPSA) is 29.0 Å². The number of hydrogen-bond donors (Lipinski definition) is 0. The minimum atomic E-state index is 0.320. The summed E-state index contributed by atoms with van der Waals surface area (Å²) in [4.78, 5) is 10.5. The van der Waals surface area contributed by atoms with Crippen LogP contribution in [0.1, 0.15) is 51.9 Å². The first-order valence-electron chi connectivity index (χ1n) is 8.67. The van der Waals surface area contributed by atoms with Crippen LogP contribution >= 0.6 is 11.6 Å². The summed E-state index contributed by atoms with van der Waals surface area (Å²) in [5.41, 5.74) is 2.77. The number of halogens is 1. The molecule has 1 aliphatic carbocycles. The lowest BCUT2D eigenvalue weighted by atomic mass is 9.76. The molecule has 0 N–H and O–H groups in total. The molecule has 1 aromatic heterocycles. The number of nitrogens with zero attached hydrogens (tertiary/aromatic N) is 3. The molecule has 4 heteroatoms. The summed E-state index contributed by atoms with van der Waals surface area (Å²) in [7, 11) is 0. The van der Waals surface area contributed by atoms with Crippen LogP contribution < -0.4 is 4.90 Å². The molecular formula is C18H26ClN3. The smallest absolute Gasteiger partial charge is 0.222 e. The maximum absolute atomic E-state index is 5.76. The summed E-state index contributed by atoms with van der Waals surface area (Å²) < 4.78 is 0. The zero-order valence-corrected chi connectivity index (χ0v) is 14.2. The molecule has 2 aliphatic rings. The van der Waals surface area contributed by atoms with Gasteiger partial charge in [0, 0.05) is 13.1 Å². The van der Waals surface area contributed by atoms with Crippen molar-refractivity contribution >= 4 is 17.3 Å². The second kappa shape index (κ2) is 7.45. The van der Waals surface area contributed by atoms with Gasteiger partial charge >= 0.3 is 0 Å². The van der Waals surface area contributed by atoms with E-state index >= 15 is 0 Å². The summed E-state index contributed by atoms with van der Waals surface area (Å²) in [6.07, 6.45) is 15.7. The summed E-state index contributed by atoms with van der Waals surface area (Å²) in [5.74, 6) is 1.84. The van der Waals surface area contributed by atoms with Crippen LogP contribution in [0.25, 0.3) is 0 Å². The molecule has 3 nitrogen and oxygen atoms in total. The minimum absolute atomic E-state index is 0.320. The van der Waals surface area contributed by atoms with Gasteiger partial charge in [-0.25, -0.2) is 9.97 Å². The molecule has 1 fully saturated rings. The molecule has 0 saturated heterocycles. The van der Waals surface area contributed by atoms with Gasteiger partial charge in [-0.2, -0.15) is 0 Å². The highest BCUT2D eigenvalue weighted by molar-refractivity contribution is 6.28. The van der Waals surface area contributed by atoms with Gasteiger partial charge in [0.25, 0.3) is 0 Å². The Kier molecular flexibility index (Phi) is 5.35. The molecule has 0 amide bonds. The van der Waals surface area contributed by atoms with Crippen molar-refractivity contribution in [2.75, 3.05) is 18.0 Å². The molecule has 120 valence electrons. The van der Waals surface area contributed by atoms with Gasteiger partial charge in [0.15, 0.2) is 0 Å². The van der Waals surface area contributed by atoms with E-state index in [0.29, 0.717) is 5.28 Å². The standard InChI is InChI=1S/C18H26ClN3/c1-2-3-14-4-6-15(7-5-14)16-8-10-22(11-9-16)17-12-20-18(19)21-13-17/h8,12-15H,2-7,9-11H2,1H3. The molecule has 0 atom stereocenters. The van der Waals surface area contributed by atoms with Crippen LogP contribution in [-0.4, -0.2) is 23.1 Å². The largest absolute Gasteiger partial charge is 0.365 e. The van der Waals surface area contributed by atoms with E-state index in [1.807, 2.05) is 12.4 Å². The second-order valence-electron chi connectivity index (χ2n) is 6.69. The molecule has 0 aromatic carbocycles. The fourth-order valence-electron chi connectivity index (χ4n) is 3.99. The Bertz CT molecular complexity index is 504. The monoisotopic (exact) mass is 319 g/mol. The molecule has 1 aliphatic heterocycles. The van der Waals surface area contributed by atoms with Gasteiger partial charge < -0.3 is 4.90 Å². The fraction of sp³-hybridized carbons (Fsp3) is 0.667. The van der Waals surface area contributed by atoms with E-state index in [1.54, 1.807) is 5.57 Å². The number of rotatable bonds is 4. The molecule has 0 radical (unpaired) electrons. The van der Waals surface area contributed by atoms with Crippen molar-refractivity contribution < 1.29 is 0 Å². The van der Waals surface area contributed by atoms with Crippen molar-refractivity contribution in [3.05, 3.63) is 29.3 Å². The van der Waals surface area contributed by atoms with Gasteiger partial charge in [0.05, 0.1) is 18.1 Å². The third-order valence-corrected chi connectivity index (χ3v) is 5.48. The molecular weight excluding hydrogens is 294 g/mol. The second-order valence-corrected chi connectivity index (χ2v) is 7.03. The Labute approximate surface area is 138 Å². The summed E-state index contributed by atoms with van der Waals surface area (Å²) in [6, 6.07) is 0. The normalized spacial score (nSPS) is 25.9. The predicted octanol–water partition coefficient (Wildman–Crippen LogP) is 4.87. The third-order valence-electron chi connectivity index (χ3n) is 5.28. The lowest BCUT2D eigenvalue weighted by molar-refractivity contribution is 0.282. The lowest BCUT2D eigenvalue weighted by Gasteiger charge is -2.34. The highest BCUT2D eigenvalue weighted by Crippen LogP contribution is 2.37. The van der Waals surface area contributed by atoms with E-state index in [-0.39, 0.29) is 0 Å². The van der Waals surface area contributed by atoms with Gasteiger partial charge in [-0.15, -0.1) is 0 Å². The van der Waals surface area contributed by atoms with Crippen LogP contribution in [-0.2, 0) is 0 Å². The Morgan fingerprint density at radius 2 is 1.91 bits per heavy atom. The van der Waals surface area contributed by atoms with Crippen LogP contribution in [0, 0.1) is 11.8 Å². The minimum Gasteiger partial charge on any atom is -0.365 e. The summed E-state index contributed by atoms with van der Waals surface area (Å²) in [5, 5.41) is 0.320. The van der Waals surface area contributed by atoms with E-state index < -0.39 is 0 Å². The van der Waals surface area contributed by atoms with Gasteiger partial charge in [0.1, 0.15) is 0 Å². The Balaban J connectivity index is 1.54. The zero-order chi connectivity index (χ0) is 15.4. The third kappa shape index (κ3) is 3.81. The van der Waals surface area contributed by atoms with E-state index in [4.69, 9.17) is 11.6 Å². The van der Waals surface area contributed by atoms with Gasteiger partial charge in [0.2, 0.25) is 5.28 Å². The van der Waals surface area contributed by atoms with Crippen LogP contribution in [0.4, 0.5) is 5.69 Å². The van der Waals surface area contributed by atoms with E-state index in [0.717, 1.165) is 30.6 Å². The van der Waals surface area contributed by atoms with Crippen molar-refractivity contribution in [1.29, 1.82) is 0 Å². The number of aromatic nitrogens is 2. The quantitative estimate of drug-likeness (QED) is 0.585. The molecule has 0 unspecified atom stereocenters. The summed E-state index contributed by atoms with van der Waals surface area (Å²) >= 11 is 5.76. The highest BCUT2D eigenvalue weighted by Gasteiger charge is 2.25. The predicted molar refractivity (Wildman–Crippen MR) is 92.3 cm³/mol. The molecule has 1 saturated carbocycles. The fourth-order valence-corrected chi connectivity index (χ4v) is 4.09. The van der Waals surface area contributed by atoms with Crippen LogP contribution in [0.2, 0.25) is 5.28 Å². The zero-order valence-electron chi connectivity index (χ0n) is 13.5. The highest BCUT2D eigenvalue weighted by atomic mass is 35.5. The van der Waals surface area contributed by atoms with Crippen LogP contribution in [0.3, 0.4) is 0 Å². The maximum Gasteiger partial charge on any atom is 0.222 e. The SMILES string of the molecule is CCCC1CCC(C2=CCN(c3cnc(Cl)nc3)CC2)CC1. The first-order valence-corrected chi connectivity index (χ1v) is 9.05. The van der Waals surface area contributed by atoms with Crippen molar-refractivity contribution in [2.45, 2.75) is 51.9 Å².